The highest BCUT2D eigenvalue weighted by atomic mass is 35.5. The third-order valence-corrected chi connectivity index (χ3v) is 2.98. The maximum Gasteiger partial charge on any atom is 0.335 e. The van der Waals surface area contributed by atoms with E-state index in [4.69, 9.17) is 21.4 Å². The Hall–Kier alpha value is -2.00. The number of carbonyl (C=O) groups is 1. The molecule has 0 aliphatic carbocycles. The topological polar surface area (TPSA) is 46.5 Å². The van der Waals surface area contributed by atoms with Crippen LogP contribution in [0.5, 0.6) is 5.75 Å². The fourth-order valence-corrected chi connectivity index (χ4v) is 1.92. The fourth-order valence-electron chi connectivity index (χ4n) is 1.63. The first-order valence-electron chi connectivity index (χ1n) is 5.77. The molecule has 0 fully saturated rings. The van der Waals surface area contributed by atoms with Crippen LogP contribution in [0.25, 0.3) is 0 Å². The molecular formula is C15H13ClO3. The molecule has 0 aliphatic rings. The van der Waals surface area contributed by atoms with Crippen molar-refractivity contribution in [1.29, 1.82) is 0 Å². The Morgan fingerprint density at radius 3 is 2.47 bits per heavy atom. The van der Waals surface area contributed by atoms with E-state index >= 15 is 0 Å². The highest BCUT2D eigenvalue weighted by molar-refractivity contribution is 6.32. The molecule has 0 spiro atoms. The highest BCUT2D eigenvalue weighted by Crippen LogP contribution is 2.25. The third-order valence-electron chi connectivity index (χ3n) is 2.68. The lowest BCUT2D eigenvalue weighted by Gasteiger charge is -2.08. The number of ether oxygens (including phenoxy) is 1. The Labute approximate surface area is 116 Å². The number of halogens is 1. The average molecular weight is 277 g/mol. The molecular weight excluding hydrogens is 264 g/mol. The predicted molar refractivity (Wildman–Crippen MR) is 73.9 cm³/mol. The van der Waals surface area contributed by atoms with Crippen molar-refractivity contribution in [3.8, 4) is 5.75 Å². The van der Waals surface area contributed by atoms with Crippen LogP contribution in [0.1, 0.15) is 21.5 Å². The molecule has 0 aromatic heterocycles. The van der Waals surface area contributed by atoms with E-state index < -0.39 is 5.97 Å². The van der Waals surface area contributed by atoms with E-state index in [-0.39, 0.29) is 5.56 Å². The molecule has 0 atom stereocenters. The molecule has 3 nitrogen and oxygen atoms in total. The second kappa shape index (κ2) is 5.76. The van der Waals surface area contributed by atoms with Crippen LogP contribution < -0.4 is 4.74 Å². The van der Waals surface area contributed by atoms with Crippen molar-refractivity contribution in [3.63, 3.8) is 0 Å². The van der Waals surface area contributed by atoms with Crippen molar-refractivity contribution < 1.29 is 14.6 Å². The summed E-state index contributed by atoms with van der Waals surface area (Å²) < 4.78 is 5.60. The number of benzene rings is 2. The largest absolute Gasteiger partial charge is 0.487 e. The van der Waals surface area contributed by atoms with Gasteiger partial charge in [0.2, 0.25) is 0 Å². The molecule has 0 saturated carbocycles. The predicted octanol–water partition coefficient (Wildman–Crippen LogP) is 3.93. The van der Waals surface area contributed by atoms with Crippen molar-refractivity contribution >= 4 is 17.6 Å². The van der Waals surface area contributed by atoms with Crippen LogP contribution in [-0.2, 0) is 6.61 Å². The first-order chi connectivity index (χ1) is 9.06. The minimum Gasteiger partial charge on any atom is -0.487 e. The van der Waals surface area contributed by atoms with Gasteiger partial charge in [0.25, 0.3) is 0 Å². The first-order valence-corrected chi connectivity index (χ1v) is 6.15. The summed E-state index contributed by atoms with van der Waals surface area (Å²) in [5.41, 5.74) is 2.22. The minimum atomic E-state index is -0.936. The molecule has 0 aliphatic heterocycles. The molecule has 0 amide bonds. The summed E-state index contributed by atoms with van der Waals surface area (Å²) in [6.07, 6.45) is 0. The molecule has 2 rings (SSSR count). The Morgan fingerprint density at radius 1 is 1.21 bits per heavy atom. The van der Waals surface area contributed by atoms with Gasteiger partial charge in [-0.1, -0.05) is 29.8 Å². The second-order valence-electron chi connectivity index (χ2n) is 4.22. The van der Waals surface area contributed by atoms with Crippen LogP contribution in [0.4, 0.5) is 0 Å². The lowest BCUT2D eigenvalue weighted by Crippen LogP contribution is -1.99. The van der Waals surface area contributed by atoms with E-state index in [1.807, 2.05) is 25.1 Å². The van der Waals surface area contributed by atoms with Crippen LogP contribution in [0.15, 0.2) is 42.5 Å². The van der Waals surface area contributed by atoms with E-state index in [1.165, 1.54) is 0 Å². The number of rotatable bonds is 4. The van der Waals surface area contributed by atoms with Crippen molar-refractivity contribution in [2.75, 3.05) is 0 Å². The van der Waals surface area contributed by atoms with Gasteiger partial charge in [0.1, 0.15) is 12.4 Å². The van der Waals surface area contributed by atoms with E-state index in [9.17, 15) is 4.79 Å². The van der Waals surface area contributed by atoms with Gasteiger partial charge in [-0.05, 0) is 42.3 Å². The molecule has 0 unspecified atom stereocenters. The molecule has 2 aromatic carbocycles. The molecule has 2 aromatic rings. The molecule has 0 radical (unpaired) electrons. The zero-order valence-electron chi connectivity index (χ0n) is 10.4. The third kappa shape index (κ3) is 3.48. The van der Waals surface area contributed by atoms with Gasteiger partial charge < -0.3 is 9.84 Å². The summed E-state index contributed by atoms with van der Waals surface area (Å²) in [5, 5.41) is 9.37. The number of aromatic carboxylic acids is 1. The molecule has 0 saturated heterocycles. The fraction of sp³-hybridized carbons (Fsp3) is 0.133. The first kappa shape index (κ1) is 13.4. The number of hydrogen-bond donors (Lipinski definition) is 1. The highest BCUT2D eigenvalue weighted by Gasteiger charge is 2.04. The van der Waals surface area contributed by atoms with Crippen LogP contribution in [0.3, 0.4) is 0 Å². The SMILES string of the molecule is Cc1ccc(OCc2ccc(C(=O)O)cc2)c(Cl)c1. The Bertz CT molecular complexity index is 591. The molecule has 19 heavy (non-hydrogen) atoms. The summed E-state index contributed by atoms with van der Waals surface area (Å²) in [5.74, 6) is -0.316. The normalized spacial score (nSPS) is 10.2. The minimum absolute atomic E-state index is 0.261. The quantitative estimate of drug-likeness (QED) is 0.920. The van der Waals surface area contributed by atoms with Gasteiger partial charge in [-0.2, -0.15) is 0 Å². The van der Waals surface area contributed by atoms with Crippen LogP contribution in [-0.4, -0.2) is 11.1 Å². The van der Waals surface area contributed by atoms with Crippen LogP contribution >= 0.6 is 11.6 Å². The number of aryl methyl sites for hydroxylation is 1. The summed E-state index contributed by atoms with van der Waals surface area (Å²) in [6, 6.07) is 12.1. The Balaban J connectivity index is 2.04. The van der Waals surface area contributed by atoms with Gasteiger partial charge in [0, 0.05) is 0 Å². The van der Waals surface area contributed by atoms with E-state index in [0.29, 0.717) is 17.4 Å². The van der Waals surface area contributed by atoms with Gasteiger partial charge in [-0.3, -0.25) is 0 Å². The monoisotopic (exact) mass is 276 g/mol. The zero-order valence-corrected chi connectivity index (χ0v) is 11.1. The number of carboxylic acid groups (broad SMARTS) is 1. The summed E-state index contributed by atoms with van der Waals surface area (Å²) in [6.45, 7) is 2.31. The van der Waals surface area contributed by atoms with Crippen molar-refractivity contribution in [3.05, 3.63) is 64.2 Å². The standard InChI is InChI=1S/C15H13ClO3/c1-10-2-7-14(13(16)8-10)19-9-11-3-5-12(6-4-11)15(17)18/h2-8H,9H2,1H3,(H,17,18). The number of carboxylic acids is 1. The average Bonchev–Trinajstić information content (AvgIpc) is 2.38. The van der Waals surface area contributed by atoms with Gasteiger partial charge in [-0.15, -0.1) is 0 Å². The molecule has 1 N–H and O–H groups in total. The maximum atomic E-state index is 10.7. The van der Waals surface area contributed by atoms with Gasteiger partial charge >= 0.3 is 5.97 Å². The Kier molecular flexibility index (Phi) is 4.07. The number of hydrogen-bond acceptors (Lipinski definition) is 2. The molecule has 98 valence electrons. The molecule has 0 heterocycles. The van der Waals surface area contributed by atoms with Gasteiger partial charge in [-0.25, -0.2) is 4.79 Å². The second-order valence-corrected chi connectivity index (χ2v) is 4.63. The van der Waals surface area contributed by atoms with E-state index in [1.54, 1.807) is 24.3 Å². The Morgan fingerprint density at radius 2 is 1.89 bits per heavy atom. The molecule has 4 heteroatoms. The summed E-state index contributed by atoms with van der Waals surface area (Å²) >= 11 is 6.06. The van der Waals surface area contributed by atoms with Crippen molar-refractivity contribution in [2.24, 2.45) is 0 Å². The smallest absolute Gasteiger partial charge is 0.335 e. The van der Waals surface area contributed by atoms with E-state index in [0.717, 1.165) is 11.1 Å². The van der Waals surface area contributed by atoms with Crippen molar-refractivity contribution in [2.45, 2.75) is 13.5 Å². The van der Waals surface area contributed by atoms with Crippen LogP contribution in [0, 0.1) is 6.92 Å². The lowest BCUT2D eigenvalue weighted by molar-refractivity contribution is 0.0697. The summed E-state index contributed by atoms with van der Waals surface area (Å²) in [4.78, 5) is 10.7. The van der Waals surface area contributed by atoms with E-state index in [2.05, 4.69) is 0 Å². The van der Waals surface area contributed by atoms with Gasteiger partial charge in [0.15, 0.2) is 0 Å². The van der Waals surface area contributed by atoms with Crippen molar-refractivity contribution in [1.82, 2.24) is 0 Å². The van der Waals surface area contributed by atoms with Gasteiger partial charge in [0.05, 0.1) is 10.6 Å². The van der Waals surface area contributed by atoms with Crippen LogP contribution in [0.2, 0.25) is 5.02 Å². The summed E-state index contributed by atoms with van der Waals surface area (Å²) in [7, 11) is 0. The lowest BCUT2D eigenvalue weighted by atomic mass is 10.1. The maximum absolute atomic E-state index is 10.7. The zero-order chi connectivity index (χ0) is 13.8. The molecule has 0 bridgehead atoms.